The molecule has 0 saturated carbocycles. The Hall–Kier alpha value is -2.59. The van der Waals surface area contributed by atoms with E-state index in [1.165, 1.54) is 10.6 Å². The van der Waals surface area contributed by atoms with Crippen LogP contribution in [0.5, 0.6) is 0 Å². The molecule has 0 radical (unpaired) electrons. The van der Waals surface area contributed by atoms with E-state index in [1.807, 2.05) is 4.90 Å². The predicted octanol–water partition coefficient (Wildman–Crippen LogP) is 2.49. The Morgan fingerprint density at radius 3 is 2.47 bits per heavy atom. The van der Waals surface area contributed by atoms with Gasteiger partial charge in [-0.05, 0) is 24.8 Å². The molecule has 5 rings (SSSR count). The summed E-state index contributed by atoms with van der Waals surface area (Å²) in [6.45, 7) is 0.722. The highest BCUT2D eigenvalue weighted by atomic mass is 19.4. The molecule has 0 spiro atoms. The monoisotopic (exact) mass is 450 g/mol. The van der Waals surface area contributed by atoms with Gasteiger partial charge in [0, 0.05) is 25.7 Å². The molecule has 3 aliphatic rings. The molecule has 2 fully saturated rings. The molecule has 32 heavy (non-hydrogen) atoms. The average molecular weight is 450 g/mol. The minimum atomic E-state index is -4.52. The first-order chi connectivity index (χ1) is 15.3. The highest BCUT2D eigenvalue weighted by Crippen LogP contribution is 2.36. The van der Waals surface area contributed by atoms with Gasteiger partial charge >= 0.3 is 6.18 Å². The van der Waals surface area contributed by atoms with Crippen LogP contribution in [0.15, 0.2) is 41.2 Å². The number of aliphatic hydroxyl groups is 1. The second kappa shape index (κ2) is 8.08. The summed E-state index contributed by atoms with van der Waals surface area (Å²) >= 11 is 0. The van der Waals surface area contributed by atoms with Gasteiger partial charge in [0.25, 0.3) is 5.56 Å². The first-order valence-corrected chi connectivity index (χ1v) is 10.9. The van der Waals surface area contributed by atoms with Gasteiger partial charge < -0.3 is 19.6 Å². The van der Waals surface area contributed by atoms with Crippen LogP contribution in [0.3, 0.4) is 0 Å². The summed E-state index contributed by atoms with van der Waals surface area (Å²) in [5, 5.41) is 10.7. The number of β-amino-alcohol motifs (C(OH)–C–C–N with tert-alkyl or cyclic N) is 1. The number of benzene rings is 1. The largest absolute Gasteiger partial charge is 0.408 e. The number of nitrogens with zero attached hydrogens (tertiary/aromatic N) is 4. The lowest BCUT2D eigenvalue weighted by Crippen LogP contribution is -2.54. The van der Waals surface area contributed by atoms with E-state index in [0.29, 0.717) is 24.5 Å². The van der Waals surface area contributed by atoms with Gasteiger partial charge in [0.15, 0.2) is 0 Å². The number of alkyl halides is 3. The fraction of sp³-hybridized carbons (Fsp3) is 0.545. The number of aromatic nitrogens is 2. The molecule has 10 heteroatoms. The number of aliphatic hydroxyl groups excluding tert-OH is 1. The highest BCUT2D eigenvalue weighted by molar-refractivity contribution is 5.47. The van der Waals surface area contributed by atoms with E-state index in [-0.39, 0.29) is 43.2 Å². The predicted molar refractivity (Wildman–Crippen MR) is 112 cm³/mol. The van der Waals surface area contributed by atoms with Gasteiger partial charge in [-0.25, -0.2) is 0 Å². The minimum Gasteiger partial charge on any atom is -0.387 e. The fourth-order valence-electron chi connectivity index (χ4n) is 4.94. The van der Waals surface area contributed by atoms with Crippen LogP contribution in [0, 0.1) is 0 Å². The van der Waals surface area contributed by atoms with Crippen LogP contribution in [0.4, 0.5) is 24.9 Å². The summed E-state index contributed by atoms with van der Waals surface area (Å²) in [5.74, 6) is 0.318. The van der Waals surface area contributed by atoms with Crippen LogP contribution in [-0.2, 0) is 11.3 Å². The third-order valence-electron chi connectivity index (χ3n) is 6.53. The molecule has 1 N–H and O–H groups in total. The van der Waals surface area contributed by atoms with E-state index in [0.717, 1.165) is 17.7 Å². The van der Waals surface area contributed by atoms with Crippen molar-refractivity contribution in [3.05, 3.63) is 52.3 Å². The number of hydrogen-bond donors (Lipinski definition) is 1. The van der Waals surface area contributed by atoms with Gasteiger partial charge in [0.2, 0.25) is 5.95 Å². The summed E-state index contributed by atoms with van der Waals surface area (Å²) < 4.78 is 48.9. The van der Waals surface area contributed by atoms with Crippen LogP contribution in [-0.4, -0.2) is 58.7 Å². The fourth-order valence-corrected chi connectivity index (χ4v) is 4.94. The van der Waals surface area contributed by atoms with E-state index in [1.54, 1.807) is 30.3 Å². The Morgan fingerprint density at radius 1 is 1.12 bits per heavy atom. The lowest BCUT2D eigenvalue weighted by molar-refractivity contribution is -0.153. The van der Waals surface area contributed by atoms with E-state index in [4.69, 9.17) is 4.74 Å². The van der Waals surface area contributed by atoms with Crippen molar-refractivity contribution in [3.63, 3.8) is 0 Å². The van der Waals surface area contributed by atoms with Crippen LogP contribution in [0.25, 0.3) is 0 Å². The molecule has 2 unspecified atom stereocenters. The van der Waals surface area contributed by atoms with Crippen molar-refractivity contribution in [1.29, 1.82) is 0 Å². The van der Waals surface area contributed by atoms with Crippen LogP contribution >= 0.6 is 0 Å². The van der Waals surface area contributed by atoms with E-state index in [9.17, 15) is 23.1 Å². The van der Waals surface area contributed by atoms with Crippen LogP contribution in [0.1, 0.15) is 30.9 Å². The zero-order valence-corrected chi connectivity index (χ0v) is 17.4. The Labute approximate surface area is 183 Å². The van der Waals surface area contributed by atoms with Crippen molar-refractivity contribution in [1.82, 2.24) is 9.55 Å². The topological polar surface area (TPSA) is 70.8 Å². The molecular formula is C22H25F3N4O3. The Morgan fingerprint density at radius 2 is 1.81 bits per heavy atom. The quantitative estimate of drug-likeness (QED) is 0.772. The van der Waals surface area contributed by atoms with Crippen molar-refractivity contribution in [2.24, 2.45) is 0 Å². The highest BCUT2D eigenvalue weighted by Gasteiger charge is 2.47. The summed E-state index contributed by atoms with van der Waals surface area (Å²) in [6, 6.07) is 8.11. The summed E-state index contributed by atoms with van der Waals surface area (Å²) in [7, 11) is 0. The van der Waals surface area contributed by atoms with E-state index in [2.05, 4.69) is 4.98 Å². The van der Waals surface area contributed by atoms with Crippen molar-refractivity contribution in [3.8, 4) is 0 Å². The first kappa shape index (κ1) is 21.3. The third-order valence-corrected chi connectivity index (χ3v) is 6.53. The van der Waals surface area contributed by atoms with Gasteiger partial charge in [0.05, 0.1) is 24.9 Å². The van der Waals surface area contributed by atoms with Gasteiger partial charge in [0.1, 0.15) is 11.9 Å². The lowest BCUT2D eigenvalue weighted by Gasteiger charge is -2.41. The first-order valence-electron chi connectivity index (χ1n) is 10.9. The van der Waals surface area contributed by atoms with Gasteiger partial charge in [-0.15, -0.1) is 0 Å². The molecule has 172 valence electrons. The molecule has 0 amide bonds. The number of fused-ring (bicyclic) bond motifs is 3. The zero-order chi connectivity index (χ0) is 22.5. The van der Waals surface area contributed by atoms with Gasteiger partial charge in [-0.1, -0.05) is 30.3 Å². The number of anilines is 2. The molecular weight excluding hydrogens is 425 g/mol. The van der Waals surface area contributed by atoms with Gasteiger partial charge in [-0.3, -0.25) is 9.36 Å². The number of halogens is 3. The summed E-state index contributed by atoms with van der Waals surface area (Å²) in [5.41, 5.74) is 0.123. The SMILES string of the molecule is O=c1cc(N2CC3CCC(C2)O3)nc2n1CC[C@@H](C(F)(F)F)N2C[C@H](O)c1ccccc1. The number of ether oxygens (including phenoxy) is 1. The lowest BCUT2D eigenvalue weighted by atomic mass is 10.1. The third kappa shape index (κ3) is 3.97. The molecule has 2 saturated heterocycles. The molecule has 0 aliphatic carbocycles. The maximum atomic E-state index is 13.9. The number of morpholine rings is 1. The van der Waals surface area contributed by atoms with E-state index < -0.39 is 18.3 Å². The second-order valence-electron chi connectivity index (χ2n) is 8.69. The van der Waals surface area contributed by atoms with Crippen molar-refractivity contribution < 1.29 is 23.0 Å². The molecule has 2 aromatic rings. The smallest absolute Gasteiger partial charge is 0.387 e. The molecule has 4 atom stereocenters. The van der Waals surface area contributed by atoms with Crippen molar-refractivity contribution in [2.75, 3.05) is 29.4 Å². The Balaban J connectivity index is 1.52. The molecule has 3 aliphatic heterocycles. The van der Waals surface area contributed by atoms with Crippen LogP contribution in [0.2, 0.25) is 0 Å². The standard InChI is InChI=1S/C22H25F3N4O3/c23-22(24,25)18-8-9-28-20(31)10-19(27-11-15-6-7-16(12-27)32-15)26-21(28)29(18)13-17(30)14-4-2-1-3-5-14/h1-5,10,15-18,30H,6-9,11-13H2/t15?,16?,17-,18-/m0/s1. The van der Waals surface area contributed by atoms with Crippen molar-refractivity contribution >= 4 is 11.8 Å². The average Bonchev–Trinajstić information content (AvgIpc) is 3.11. The minimum absolute atomic E-state index is 0.0464. The molecule has 7 nitrogen and oxygen atoms in total. The van der Waals surface area contributed by atoms with E-state index >= 15 is 0 Å². The molecule has 4 heterocycles. The molecule has 1 aromatic heterocycles. The van der Waals surface area contributed by atoms with Crippen molar-refractivity contribution in [2.45, 2.75) is 56.3 Å². The number of rotatable bonds is 4. The van der Waals surface area contributed by atoms with Crippen LogP contribution < -0.4 is 15.4 Å². The van der Waals surface area contributed by atoms with Gasteiger partial charge in [-0.2, -0.15) is 18.2 Å². The Kier molecular flexibility index (Phi) is 5.37. The summed E-state index contributed by atoms with van der Waals surface area (Å²) in [6.07, 6.45) is -4.00. The maximum Gasteiger partial charge on any atom is 0.408 e. The zero-order valence-electron chi connectivity index (χ0n) is 17.4. The second-order valence-corrected chi connectivity index (χ2v) is 8.69. The molecule has 2 bridgehead atoms. The Bertz CT molecular complexity index is 1020. The maximum absolute atomic E-state index is 13.9. The summed E-state index contributed by atoms with van der Waals surface area (Å²) in [4.78, 5) is 20.4. The normalized spacial score (nSPS) is 26.2. The number of hydrogen-bond acceptors (Lipinski definition) is 6. The molecule has 1 aromatic carbocycles.